The van der Waals surface area contributed by atoms with Crippen LogP contribution in [0.1, 0.15) is 26.7 Å². The van der Waals surface area contributed by atoms with Crippen LogP contribution < -0.4 is 5.73 Å². The van der Waals surface area contributed by atoms with Gasteiger partial charge in [-0.05, 0) is 31.3 Å². The third-order valence-corrected chi connectivity index (χ3v) is 2.66. The molecule has 1 heterocycles. The summed E-state index contributed by atoms with van der Waals surface area (Å²) in [7, 11) is 0. The molecule has 0 aromatic rings. The van der Waals surface area contributed by atoms with Gasteiger partial charge in [0.25, 0.3) is 0 Å². The summed E-state index contributed by atoms with van der Waals surface area (Å²) >= 11 is 0. The minimum atomic E-state index is 0.248. The van der Waals surface area contributed by atoms with E-state index >= 15 is 0 Å². The Hall–Kier alpha value is -0.340. The number of rotatable bonds is 3. The Bertz CT molecular complexity index is 185. The molecule has 2 N–H and O–H groups in total. The van der Waals surface area contributed by atoms with Gasteiger partial charge in [0.1, 0.15) is 0 Å². The number of nitrogens with two attached hydrogens (primary N) is 1. The minimum absolute atomic E-state index is 0.248. The van der Waals surface area contributed by atoms with E-state index in [1.165, 1.54) is 25.0 Å². The van der Waals surface area contributed by atoms with Crippen LogP contribution >= 0.6 is 0 Å². The van der Waals surface area contributed by atoms with Gasteiger partial charge >= 0.3 is 0 Å². The second-order valence-corrected chi connectivity index (χ2v) is 4.93. The van der Waals surface area contributed by atoms with Crippen molar-refractivity contribution in [3.8, 4) is 0 Å². The monoisotopic (exact) mass is 182 g/mol. The Balaban J connectivity index is 2.40. The molecule has 0 aliphatic carbocycles. The Kier molecular flexibility index (Phi) is 3.51. The van der Waals surface area contributed by atoms with Crippen LogP contribution in [0, 0.1) is 5.41 Å². The zero-order chi connectivity index (χ0) is 9.90. The van der Waals surface area contributed by atoms with Crippen molar-refractivity contribution in [1.82, 2.24) is 4.90 Å². The van der Waals surface area contributed by atoms with E-state index < -0.39 is 0 Å². The number of hydrogen-bond donors (Lipinski definition) is 1. The highest BCUT2D eigenvalue weighted by atomic mass is 15.1. The quantitative estimate of drug-likeness (QED) is 0.672. The van der Waals surface area contributed by atoms with Crippen LogP contribution in [0.5, 0.6) is 0 Å². The smallest absolute Gasteiger partial charge is 0.0190 e. The molecule has 0 bridgehead atoms. The maximum Gasteiger partial charge on any atom is 0.0190 e. The highest BCUT2D eigenvalue weighted by molar-refractivity contribution is 5.01. The molecule has 0 unspecified atom stereocenters. The van der Waals surface area contributed by atoms with Gasteiger partial charge in [0, 0.05) is 13.1 Å². The van der Waals surface area contributed by atoms with Crippen LogP contribution in [0.3, 0.4) is 0 Å². The predicted molar refractivity (Wildman–Crippen MR) is 57.6 cm³/mol. The SMILES string of the molecule is C=C1CCCN(CC(C)(C)CN)C1. The van der Waals surface area contributed by atoms with Crippen molar-refractivity contribution < 1.29 is 0 Å². The summed E-state index contributed by atoms with van der Waals surface area (Å²) in [6, 6.07) is 0. The zero-order valence-electron chi connectivity index (χ0n) is 8.97. The fourth-order valence-corrected chi connectivity index (χ4v) is 1.83. The first-order chi connectivity index (χ1) is 6.03. The molecule has 2 nitrogen and oxygen atoms in total. The van der Waals surface area contributed by atoms with E-state index in [2.05, 4.69) is 25.3 Å². The lowest BCUT2D eigenvalue weighted by atomic mass is 9.92. The first-order valence-corrected chi connectivity index (χ1v) is 5.12. The summed E-state index contributed by atoms with van der Waals surface area (Å²) in [5.74, 6) is 0. The topological polar surface area (TPSA) is 29.3 Å². The summed E-state index contributed by atoms with van der Waals surface area (Å²) in [6.45, 7) is 12.6. The minimum Gasteiger partial charge on any atom is -0.330 e. The Morgan fingerprint density at radius 3 is 2.77 bits per heavy atom. The average Bonchev–Trinajstić information content (AvgIpc) is 2.03. The van der Waals surface area contributed by atoms with Crippen LogP contribution in [-0.2, 0) is 0 Å². The summed E-state index contributed by atoms with van der Waals surface area (Å²) in [6.07, 6.45) is 2.47. The van der Waals surface area contributed by atoms with Gasteiger partial charge in [0.2, 0.25) is 0 Å². The standard InChI is InChI=1S/C11H22N2/c1-10-5-4-6-13(7-10)9-11(2,3)8-12/h1,4-9,12H2,2-3H3. The Morgan fingerprint density at radius 2 is 2.23 bits per heavy atom. The molecule has 1 fully saturated rings. The molecule has 1 saturated heterocycles. The summed E-state index contributed by atoms with van der Waals surface area (Å²) < 4.78 is 0. The fourth-order valence-electron chi connectivity index (χ4n) is 1.83. The molecule has 1 aliphatic rings. The molecular formula is C11H22N2. The van der Waals surface area contributed by atoms with Crippen LogP contribution in [0.2, 0.25) is 0 Å². The second kappa shape index (κ2) is 4.25. The summed E-state index contributed by atoms with van der Waals surface area (Å²) in [5, 5.41) is 0. The highest BCUT2D eigenvalue weighted by Crippen LogP contribution is 2.20. The molecule has 76 valence electrons. The first-order valence-electron chi connectivity index (χ1n) is 5.12. The number of likely N-dealkylation sites (tertiary alicyclic amines) is 1. The third-order valence-electron chi connectivity index (χ3n) is 2.66. The molecular weight excluding hydrogens is 160 g/mol. The summed E-state index contributed by atoms with van der Waals surface area (Å²) in [5.41, 5.74) is 7.33. The molecule has 13 heavy (non-hydrogen) atoms. The summed E-state index contributed by atoms with van der Waals surface area (Å²) in [4.78, 5) is 2.47. The van der Waals surface area contributed by atoms with Gasteiger partial charge in [-0.15, -0.1) is 0 Å². The average molecular weight is 182 g/mol. The maximum absolute atomic E-state index is 5.71. The Morgan fingerprint density at radius 1 is 1.54 bits per heavy atom. The van der Waals surface area contributed by atoms with Gasteiger partial charge in [-0.3, -0.25) is 4.90 Å². The van der Waals surface area contributed by atoms with Crippen molar-refractivity contribution in [2.75, 3.05) is 26.2 Å². The van der Waals surface area contributed by atoms with E-state index in [0.29, 0.717) is 0 Å². The number of nitrogens with zero attached hydrogens (tertiary/aromatic N) is 1. The van der Waals surface area contributed by atoms with E-state index in [1.807, 2.05) is 0 Å². The predicted octanol–water partition coefficient (Wildman–Crippen LogP) is 1.62. The molecule has 0 amide bonds. The number of piperidine rings is 1. The first kappa shape index (κ1) is 10.7. The van der Waals surface area contributed by atoms with Crippen molar-refractivity contribution >= 4 is 0 Å². The van der Waals surface area contributed by atoms with Crippen LogP contribution in [-0.4, -0.2) is 31.1 Å². The molecule has 0 atom stereocenters. The molecule has 0 radical (unpaired) electrons. The lowest BCUT2D eigenvalue weighted by Crippen LogP contribution is -2.41. The largest absolute Gasteiger partial charge is 0.330 e. The van der Waals surface area contributed by atoms with Crippen molar-refractivity contribution in [3.63, 3.8) is 0 Å². The maximum atomic E-state index is 5.71. The molecule has 0 aromatic heterocycles. The van der Waals surface area contributed by atoms with E-state index in [4.69, 9.17) is 5.73 Å². The van der Waals surface area contributed by atoms with Crippen LogP contribution in [0.15, 0.2) is 12.2 Å². The van der Waals surface area contributed by atoms with Crippen molar-refractivity contribution in [2.45, 2.75) is 26.7 Å². The molecule has 0 spiro atoms. The van der Waals surface area contributed by atoms with Gasteiger partial charge in [0.05, 0.1) is 0 Å². The van der Waals surface area contributed by atoms with E-state index in [0.717, 1.165) is 19.6 Å². The normalized spacial score (nSPS) is 20.7. The van der Waals surface area contributed by atoms with E-state index in [1.54, 1.807) is 0 Å². The molecule has 1 aliphatic heterocycles. The lowest BCUT2D eigenvalue weighted by molar-refractivity contribution is 0.179. The van der Waals surface area contributed by atoms with Gasteiger partial charge in [-0.1, -0.05) is 26.0 Å². The van der Waals surface area contributed by atoms with Gasteiger partial charge in [0.15, 0.2) is 0 Å². The molecule has 1 rings (SSSR count). The second-order valence-electron chi connectivity index (χ2n) is 4.93. The Labute approximate surface area is 81.8 Å². The lowest BCUT2D eigenvalue weighted by Gasteiger charge is -2.34. The van der Waals surface area contributed by atoms with Gasteiger partial charge in [-0.25, -0.2) is 0 Å². The highest BCUT2D eigenvalue weighted by Gasteiger charge is 2.22. The van der Waals surface area contributed by atoms with E-state index in [-0.39, 0.29) is 5.41 Å². The zero-order valence-corrected chi connectivity index (χ0v) is 8.97. The number of hydrogen-bond acceptors (Lipinski definition) is 2. The van der Waals surface area contributed by atoms with Crippen molar-refractivity contribution in [1.29, 1.82) is 0 Å². The molecule has 0 aromatic carbocycles. The van der Waals surface area contributed by atoms with Crippen molar-refractivity contribution in [2.24, 2.45) is 11.1 Å². The third kappa shape index (κ3) is 3.49. The van der Waals surface area contributed by atoms with Crippen molar-refractivity contribution in [3.05, 3.63) is 12.2 Å². The van der Waals surface area contributed by atoms with E-state index in [9.17, 15) is 0 Å². The fraction of sp³-hybridized carbons (Fsp3) is 0.818. The molecule has 0 saturated carbocycles. The molecule has 2 heteroatoms. The van der Waals surface area contributed by atoms with Gasteiger partial charge in [-0.2, -0.15) is 0 Å². The van der Waals surface area contributed by atoms with Crippen LogP contribution in [0.4, 0.5) is 0 Å². The van der Waals surface area contributed by atoms with Crippen LogP contribution in [0.25, 0.3) is 0 Å². The van der Waals surface area contributed by atoms with Gasteiger partial charge < -0.3 is 5.73 Å².